The van der Waals surface area contributed by atoms with Crippen molar-refractivity contribution in [3.8, 4) is 57.6 Å². The van der Waals surface area contributed by atoms with Crippen LogP contribution < -0.4 is 0 Å². The van der Waals surface area contributed by atoms with Crippen molar-refractivity contribution < 1.29 is 0 Å². The Morgan fingerprint density at radius 1 is 0.604 bits per heavy atom. The largest absolute Gasteiger partial charge is 0.237 e. The minimum Gasteiger partial charge on any atom is -0.237 e. The molecule has 0 fully saturated rings. The van der Waals surface area contributed by atoms with E-state index >= 15 is 0 Å². The molecule has 8 heteroatoms. The molecule has 0 saturated heterocycles. The molecule has 6 aromatic heterocycles. The van der Waals surface area contributed by atoms with Gasteiger partial charge in [-0.05, 0) is 123 Å². The van der Waals surface area contributed by atoms with E-state index in [1.165, 1.54) is 62.6 Å². The Bertz CT molecular complexity index is 2590. The van der Waals surface area contributed by atoms with E-state index < -0.39 is 0 Å². The van der Waals surface area contributed by atoms with Crippen LogP contribution in [0.3, 0.4) is 0 Å². The zero-order chi connectivity index (χ0) is 36.1. The van der Waals surface area contributed by atoms with E-state index in [4.69, 9.17) is 6.57 Å². The topological polar surface area (TPSA) is 28.1 Å². The fourth-order valence-electron chi connectivity index (χ4n) is 6.87. The summed E-state index contributed by atoms with van der Waals surface area (Å²) >= 11 is 10.3. The van der Waals surface area contributed by atoms with Crippen molar-refractivity contribution in [3.63, 3.8) is 0 Å². The maximum absolute atomic E-state index is 9.72. The first-order valence-corrected chi connectivity index (χ1v) is 21.9. The van der Waals surface area contributed by atoms with Crippen LogP contribution in [0.2, 0.25) is 0 Å². The summed E-state index contributed by atoms with van der Waals surface area (Å²) in [6.07, 6.45) is 4.00. The molecule has 1 aliphatic carbocycles. The average Bonchev–Trinajstić information content (AvgIpc) is 4.03. The van der Waals surface area contributed by atoms with Gasteiger partial charge in [-0.2, -0.15) is 16.6 Å². The van der Waals surface area contributed by atoms with Gasteiger partial charge < -0.3 is 0 Å². The van der Waals surface area contributed by atoms with Gasteiger partial charge in [0, 0.05) is 54.2 Å². The predicted octanol–water partition coefficient (Wildman–Crippen LogP) is 15.5. The summed E-state index contributed by atoms with van der Waals surface area (Å²) in [6, 6.07) is 41.8. The Labute approximate surface area is 333 Å². The van der Waals surface area contributed by atoms with Crippen LogP contribution in [0.15, 0.2) is 120 Å². The van der Waals surface area contributed by atoms with Crippen molar-refractivity contribution >= 4 is 91.4 Å². The first kappa shape index (κ1) is 33.9. The van der Waals surface area contributed by atoms with Gasteiger partial charge in [0.1, 0.15) is 6.07 Å². The number of thiophene rings is 6. The molecule has 0 unspecified atom stereocenters. The number of hydrogen-bond acceptors (Lipinski definition) is 7. The molecular formula is C45H28N2S6. The van der Waals surface area contributed by atoms with Gasteiger partial charge >= 0.3 is 0 Å². The lowest BCUT2D eigenvalue weighted by Gasteiger charge is -2.22. The molecule has 0 bridgehead atoms. The molecule has 1 aliphatic rings. The second kappa shape index (κ2) is 13.8. The van der Waals surface area contributed by atoms with E-state index in [9.17, 15) is 5.26 Å². The van der Waals surface area contributed by atoms with Gasteiger partial charge in [0.05, 0.1) is 12.1 Å². The van der Waals surface area contributed by atoms with Crippen molar-refractivity contribution in [1.82, 2.24) is 0 Å². The van der Waals surface area contributed by atoms with E-state index in [1.54, 1.807) is 45.3 Å². The number of nitrogens with zero attached hydrogens (tertiary/aromatic N) is 2. The Morgan fingerprint density at radius 3 is 1.60 bits per heavy atom. The Hall–Kier alpha value is -4.90. The minimum atomic E-state index is -0.134. The fourth-order valence-corrected chi connectivity index (χ4v) is 12.3. The highest BCUT2D eigenvalue weighted by atomic mass is 32.1. The smallest absolute Gasteiger partial charge is 0.205 e. The third kappa shape index (κ3) is 6.32. The van der Waals surface area contributed by atoms with Gasteiger partial charge in [-0.1, -0.05) is 56.3 Å². The maximum atomic E-state index is 9.72. The summed E-state index contributed by atoms with van der Waals surface area (Å²) in [6.45, 7) is 12.4. The summed E-state index contributed by atoms with van der Waals surface area (Å²) in [5.41, 5.74) is 9.12. The van der Waals surface area contributed by atoms with Crippen LogP contribution in [-0.2, 0) is 5.41 Å². The lowest BCUT2D eigenvalue weighted by Crippen LogP contribution is -2.15. The molecule has 2 aromatic carbocycles. The second-order valence-corrected chi connectivity index (χ2v) is 19.4. The normalized spacial score (nSPS) is 13.4. The van der Waals surface area contributed by atoms with E-state index in [1.807, 2.05) is 69.9 Å². The standard InChI is InChI=1S/C45H28N2S6/c1-45(2)34-23-27(38-16-18-43(52-38)41-14-10-30(50-41)22-29(26-46)37-6-4-20-48-37)8-12-32(34)33-13-9-28(24-35(33)45)39-17-19-44(53-39)42-15-11-31(51-42)25-36(47-3)40-7-5-21-49-40/h4-25H,1-2H3/b29-22+,36-25-. The number of allylic oxidation sites excluding steroid dienone is 1. The average molecular weight is 789 g/mol. The molecule has 8 aromatic rings. The van der Waals surface area contributed by atoms with Gasteiger partial charge in [-0.25, -0.2) is 4.85 Å². The van der Waals surface area contributed by atoms with Crippen LogP contribution in [0.4, 0.5) is 0 Å². The summed E-state index contributed by atoms with van der Waals surface area (Å²) < 4.78 is 0. The van der Waals surface area contributed by atoms with Gasteiger partial charge in [0.15, 0.2) is 0 Å². The molecule has 0 spiro atoms. The summed E-state index contributed by atoms with van der Waals surface area (Å²) in [5, 5.41) is 13.7. The van der Waals surface area contributed by atoms with E-state index in [2.05, 4.69) is 110 Å². The van der Waals surface area contributed by atoms with Crippen molar-refractivity contribution in [2.45, 2.75) is 19.3 Å². The molecule has 0 amide bonds. The SMILES string of the molecule is [C-]#[N+]/C(=C\c1ccc(-c2ccc(-c3ccc4c(c3)C(C)(C)c3cc(-c5ccc(-c6ccc(/C=C(\C#N)c7cccs7)s6)s5)ccc3-4)s2)s1)c1cccs1. The highest BCUT2D eigenvalue weighted by Crippen LogP contribution is 2.52. The van der Waals surface area contributed by atoms with Gasteiger partial charge in [-0.15, -0.1) is 56.7 Å². The van der Waals surface area contributed by atoms with E-state index in [-0.39, 0.29) is 5.41 Å². The van der Waals surface area contributed by atoms with Crippen LogP contribution in [0.25, 0.3) is 79.8 Å². The van der Waals surface area contributed by atoms with E-state index in [0.29, 0.717) is 11.3 Å². The van der Waals surface area contributed by atoms with Crippen LogP contribution in [0, 0.1) is 17.9 Å². The predicted molar refractivity (Wildman–Crippen MR) is 234 cm³/mol. The van der Waals surface area contributed by atoms with Crippen LogP contribution in [0.1, 0.15) is 44.5 Å². The molecule has 6 heterocycles. The maximum Gasteiger partial charge on any atom is 0.205 e. The van der Waals surface area contributed by atoms with Gasteiger partial charge in [0.25, 0.3) is 0 Å². The van der Waals surface area contributed by atoms with Crippen molar-refractivity contribution in [2.24, 2.45) is 0 Å². The number of rotatable bonds is 8. The van der Waals surface area contributed by atoms with Crippen LogP contribution >= 0.6 is 68.0 Å². The molecule has 9 rings (SSSR count). The quantitative estimate of drug-likeness (QED) is 0.111. The number of fused-ring (bicyclic) bond motifs is 3. The second-order valence-electron chi connectivity index (χ2n) is 13.1. The summed E-state index contributed by atoms with van der Waals surface area (Å²) in [7, 11) is 0. The Kier molecular flexibility index (Phi) is 8.84. The third-order valence-electron chi connectivity index (χ3n) is 9.56. The fraction of sp³-hybridized carbons (Fsp3) is 0.0667. The number of nitriles is 1. The van der Waals surface area contributed by atoms with E-state index in [0.717, 1.165) is 19.5 Å². The van der Waals surface area contributed by atoms with Crippen LogP contribution in [-0.4, -0.2) is 0 Å². The van der Waals surface area contributed by atoms with Crippen molar-refractivity contribution in [2.75, 3.05) is 0 Å². The third-order valence-corrected chi connectivity index (χ3v) is 16.1. The van der Waals surface area contributed by atoms with Crippen LogP contribution in [0.5, 0.6) is 0 Å². The molecule has 2 nitrogen and oxygen atoms in total. The highest BCUT2D eigenvalue weighted by Gasteiger charge is 2.36. The summed E-state index contributed by atoms with van der Waals surface area (Å²) in [5.74, 6) is 0. The molecule has 0 atom stereocenters. The first-order chi connectivity index (χ1) is 25.9. The molecule has 0 aliphatic heterocycles. The molecule has 254 valence electrons. The summed E-state index contributed by atoms with van der Waals surface area (Å²) in [4.78, 5) is 15.4. The number of benzene rings is 2. The monoisotopic (exact) mass is 788 g/mol. The van der Waals surface area contributed by atoms with Gasteiger partial charge in [-0.3, -0.25) is 0 Å². The zero-order valence-corrected chi connectivity index (χ0v) is 33.4. The minimum absolute atomic E-state index is 0.134. The lowest BCUT2D eigenvalue weighted by atomic mass is 9.81. The Morgan fingerprint density at radius 2 is 1.09 bits per heavy atom. The first-order valence-electron chi connectivity index (χ1n) is 16.9. The highest BCUT2D eigenvalue weighted by molar-refractivity contribution is 7.25. The number of hydrogen-bond donors (Lipinski definition) is 0. The molecular weight excluding hydrogens is 761 g/mol. The van der Waals surface area contributed by atoms with Crippen molar-refractivity contribution in [3.05, 3.63) is 162 Å². The van der Waals surface area contributed by atoms with Crippen molar-refractivity contribution in [1.29, 1.82) is 5.26 Å². The molecule has 0 N–H and O–H groups in total. The molecule has 53 heavy (non-hydrogen) atoms. The lowest BCUT2D eigenvalue weighted by molar-refractivity contribution is 0.661. The zero-order valence-electron chi connectivity index (χ0n) is 28.5. The Balaban J connectivity index is 0.954. The molecule has 0 radical (unpaired) electrons. The van der Waals surface area contributed by atoms with Gasteiger partial charge in [0.2, 0.25) is 5.70 Å². The molecule has 0 saturated carbocycles.